The number of hydrogen-bond donors (Lipinski definition) is 2. The van der Waals surface area contributed by atoms with Crippen molar-refractivity contribution in [1.29, 1.82) is 0 Å². The van der Waals surface area contributed by atoms with E-state index >= 15 is 0 Å². The van der Waals surface area contributed by atoms with Crippen LogP contribution in [0, 0.1) is 0 Å². The van der Waals surface area contributed by atoms with E-state index in [1.54, 1.807) is 17.8 Å². The molecule has 0 aliphatic heterocycles. The van der Waals surface area contributed by atoms with Crippen LogP contribution in [0.1, 0.15) is 26.0 Å². The number of rotatable bonds is 9. The van der Waals surface area contributed by atoms with Gasteiger partial charge in [0.1, 0.15) is 5.76 Å². The number of furan rings is 1. The van der Waals surface area contributed by atoms with Gasteiger partial charge < -0.3 is 9.73 Å². The Kier molecular flexibility index (Phi) is 6.92. The molecule has 1 heterocycles. The fourth-order valence-corrected chi connectivity index (χ4v) is 3.47. The minimum absolute atomic E-state index is 0.0197. The minimum Gasteiger partial charge on any atom is -0.447 e. The van der Waals surface area contributed by atoms with E-state index < -0.39 is 10.0 Å². The molecule has 1 aromatic rings. The quantitative estimate of drug-likeness (QED) is 0.681. The lowest BCUT2D eigenvalue weighted by atomic mass is 10.4. The minimum atomic E-state index is -3.55. The van der Waals surface area contributed by atoms with Gasteiger partial charge in [-0.15, -0.1) is 0 Å². The van der Waals surface area contributed by atoms with Crippen LogP contribution in [-0.2, 0) is 16.6 Å². The lowest BCUT2D eigenvalue weighted by Gasteiger charge is -2.11. The number of hydrogen-bond acceptors (Lipinski definition) is 5. The van der Waals surface area contributed by atoms with E-state index in [0.29, 0.717) is 12.3 Å². The third-order valence-corrected chi connectivity index (χ3v) is 4.70. The molecule has 0 radical (unpaired) electrons. The maximum Gasteiger partial charge on any atom is 0.274 e. The van der Waals surface area contributed by atoms with Crippen molar-refractivity contribution >= 4 is 21.8 Å². The van der Waals surface area contributed by atoms with Crippen molar-refractivity contribution in [2.75, 3.05) is 18.6 Å². The van der Waals surface area contributed by atoms with Crippen molar-refractivity contribution in [2.45, 2.75) is 37.9 Å². The smallest absolute Gasteiger partial charge is 0.274 e. The van der Waals surface area contributed by atoms with Gasteiger partial charge in [-0.05, 0) is 38.3 Å². The van der Waals surface area contributed by atoms with Crippen molar-refractivity contribution in [2.24, 2.45) is 0 Å². The van der Waals surface area contributed by atoms with Gasteiger partial charge in [-0.3, -0.25) is 0 Å². The van der Waals surface area contributed by atoms with E-state index in [9.17, 15) is 8.42 Å². The zero-order chi connectivity index (χ0) is 14.3. The van der Waals surface area contributed by atoms with Gasteiger partial charge in [0, 0.05) is 11.8 Å². The van der Waals surface area contributed by atoms with Crippen molar-refractivity contribution < 1.29 is 12.8 Å². The first-order chi connectivity index (χ1) is 8.99. The molecule has 0 saturated heterocycles. The second-order valence-electron chi connectivity index (χ2n) is 4.38. The van der Waals surface area contributed by atoms with E-state index in [1.165, 1.54) is 6.07 Å². The average molecular weight is 306 g/mol. The molecule has 1 atom stereocenters. The summed E-state index contributed by atoms with van der Waals surface area (Å²) in [4.78, 5) is 0. The molecule has 0 fully saturated rings. The van der Waals surface area contributed by atoms with Crippen LogP contribution in [0.4, 0.5) is 0 Å². The molecular formula is C12H22N2O3S2. The van der Waals surface area contributed by atoms with E-state index in [1.807, 2.05) is 13.2 Å². The van der Waals surface area contributed by atoms with E-state index in [2.05, 4.69) is 17.0 Å². The molecule has 110 valence electrons. The Morgan fingerprint density at radius 2 is 2.16 bits per heavy atom. The second-order valence-corrected chi connectivity index (χ2v) is 6.93. The Hall–Kier alpha value is -0.500. The molecule has 0 bridgehead atoms. The normalized spacial score (nSPS) is 13.6. The molecule has 7 heteroatoms. The third kappa shape index (κ3) is 5.56. The molecule has 1 rings (SSSR count). The highest BCUT2D eigenvalue weighted by molar-refractivity contribution is 7.98. The molecule has 2 N–H and O–H groups in total. The number of thioether (sulfide) groups is 1. The SMILES string of the molecule is CCCNCc1ccc(S(=O)(=O)NC(C)CSC)o1. The molecule has 0 spiro atoms. The van der Waals surface area contributed by atoms with Crippen LogP contribution >= 0.6 is 11.8 Å². The highest BCUT2D eigenvalue weighted by Gasteiger charge is 2.20. The molecule has 0 aromatic carbocycles. The van der Waals surface area contributed by atoms with Crippen molar-refractivity contribution in [3.05, 3.63) is 17.9 Å². The zero-order valence-corrected chi connectivity index (χ0v) is 13.2. The highest BCUT2D eigenvalue weighted by atomic mass is 32.2. The lowest BCUT2D eigenvalue weighted by Crippen LogP contribution is -2.34. The molecule has 5 nitrogen and oxygen atoms in total. The Bertz CT molecular complexity index is 471. The Labute approximate surface area is 119 Å². The van der Waals surface area contributed by atoms with Crippen LogP contribution in [0.2, 0.25) is 0 Å². The number of sulfonamides is 1. The summed E-state index contributed by atoms with van der Waals surface area (Å²) in [6.45, 7) is 5.33. The summed E-state index contributed by atoms with van der Waals surface area (Å²) >= 11 is 1.60. The lowest BCUT2D eigenvalue weighted by molar-refractivity contribution is 0.399. The molecule has 0 aliphatic carbocycles. The summed E-state index contributed by atoms with van der Waals surface area (Å²) in [6.07, 6.45) is 2.97. The molecular weight excluding hydrogens is 284 g/mol. The van der Waals surface area contributed by atoms with Crippen LogP contribution < -0.4 is 10.0 Å². The maximum absolute atomic E-state index is 12.0. The Balaban J connectivity index is 2.63. The molecule has 19 heavy (non-hydrogen) atoms. The fourth-order valence-electron chi connectivity index (χ4n) is 1.59. The van der Waals surface area contributed by atoms with Crippen molar-refractivity contribution in [1.82, 2.24) is 10.0 Å². The van der Waals surface area contributed by atoms with Gasteiger partial charge in [-0.2, -0.15) is 11.8 Å². The van der Waals surface area contributed by atoms with Crippen LogP contribution in [-0.4, -0.2) is 33.0 Å². The molecule has 0 amide bonds. The average Bonchev–Trinajstić information content (AvgIpc) is 2.78. The first-order valence-electron chi connectivity index (χ1n) is 6.30. The van der Waals surface area contributed by atoms with Gasteiger partial charge in [0.15, 0.2) is 0 Å². The monoisotopic (exact) mass is 306 g/mol. The van der Waals surface area contributed by atoms with Crippen LogP contribution in [0.15, 0.2) is 21.6 Å². The third-order valence-electron chi connectivity index (χ3n) is 2.40. The summed E-state index contributed by atoms with van der Waals surface area (Å²) in [6, 6.07) is 3.07. The standard InChI is InChI=1S/C12H22N2O3S2/c1-4-7-13-8-11-5-6-12(17-11)19(15,16)14-10(2)9-18-3/h5-6,10,13-14H,4,7-9H2,1-3H3. The van der Waals surface area contributed by atoms with Gasteiger partial charge in [0.25, 0.3) is 10.0 Å². The molecule has 0 aliphatic rings. The molecule has 0 saturated carbocycles. The van der Waals surface area contributed by atoms with Gasteiger partial charge >= 0.3 is 0 Å². The summed E-state index contributed by atoms with van der Waals surface area (Å²) in [5.41, 5.74) is 0. The first kappa shape index (κ1) is 16.6. The van der Waals surface area contributed by atoms with E-state index in [-0.39, 0.29) is 11.1 Å². The zero-order valence-electron chi connectivity index (χ0n) is 11.6. The topological polar surface area (TPSA) is 71.3 Å². The van der Waals surface area contributed by atoms with Crippen LogP contribution in [0.5, 0.6) is 0 Å². The van der Waals surface area contributed by atoms with Gasteiger partial charge in [-0.25, -0.2) is 13.1 Å². The van der Waals surface area contributed by atoms with Gasteiger partial charge in [0.2, 0.25) is 5.09 Å². The van der Waals surface area contributed by atoms with E-state index in [4.69, 9.17) is 4.42 Å². The Morgan fingerprint density at radius 1 is 1.42 bits per heavy atom. The molecule has 1 aromatic heterocycles. The molecule has 1 unspecified atom stereocenters. The first-order valence-corrected chi connectivity index (χ1v) is 9.18. The van der Waals surface area contributed by atoms with Crippen LogP contribution in [0.3, 0.4) is 0 Å². The summed E-state index contributed by atoms with van der Waals surface area (Å²) < 4.78 is 32.0. The highest BCUT2D eigenvalue weighted by Crippen LogP contribution is 2.14. The van der Waals surface area contributed by atoms with Gasteiger partial charge in [-0.1, -0.05) is 6.92 Å². The predicted octanol–water partition coefficient (Wildman–Crippen LogP) is 1.81. The fraction of sp³-hybridized carbons (Fsp3) is 0.667. The maximum atomic E-state index is 12.0. The largest absolute Gasteiger partial charge is 0.447 e. The summed E-state index contributed by atoms with van der Waals surface area (Å²) in [7, 11) is -3.55. The summed E-state index contributed by atoms with van der Waals surface area (Å²) in [5, 5.41) is 3.15. The summed E-state index contributed by atoms with van der Waals surface area (Å²) in [5.74, 6) is 1.36. The second kappa shape index (κ2) is 7.94. The van der Waals surface area contributed by atoms with Gasteiger partial charge in [0.05, 0.1) is 6.54 Å². The van der Waals surface area contributed by atoms with E-state index in [0.717, 1.165) is 18.7 Å². The van der Waals surface area contributed by atoms with Crippen molar-refractivity contribution in [3.8, 4) is 0 Å². The number of nitrogens with one attached hydrogen (secondary N) is 2. The van der Waals surface area contributed by atoms with Crippen molar-refractivity contribution in [3.63, 3.8) is 0 Å². The Morgan fingerprint density at radius 3 is 2.79 bits per heavy atom. The van der Waals surface area contributed by atoms with Crippen LogP contribution in [0.25, 0.3) is 0 Å². The predicted molar refractivity (Wildman–Crippen MR) is 78.9 cm³/mol.